The molecule has 2 aliphatic rings. The highest BCUT2D eigenvalue weighted by atomic mass is 16.3. The van der Waals surface area contributed by atoms with Crippen molar-refractivity contribution in [3.05, 3.63) is 54.2 Å². The molecule has 2 amide bonds. The number of furan rings is 1. The number of carbonyl (C=O) groups excluding carboxylic acids is 2. The number of rotatable bonds is 4. The number of amides is 2. The molecule has 142 valence electrons. The first-order chi connectivity index (χ1) is 13.1. The minimum Gasteiger partial charge on any atom is -0.472 e. The molecule has 2 atom stereocenters. The molecule has 2 saturated heterocycles. The average molecular weight is 368 g/mol. The lowest BCUT2D eigenvalue weighted by atomic mass is 9.90. The van der Waals surface area contributed by atoms with E-state index in [0.29, 0.717) is 13.1 Å². The second kappa shape index (κ2) is 7.52. The van der Waals surface area contributed by atoms with Gasteiger partial charge in [0, 0.05) is 57.2 Å². The topological polar surface area (TPSA) is 69.9 Å². The summed E-state index contributed by atoms with van der Waals surface area (Å²) in [5, 5.41) is 0. The standard InChI is InChI=1S/C20H24N4O3/c1-22-18-4-7-23(10-16-5-8-27-14-16)12-17(18)20(26)24(13-19(22)25)11-15-3-2-6-21-9-15/h2-3,5-6,8-9,14,17-18H,4,7,10-13H2,1H3/t17-,18+/m0/s1. The second-order valence-electron chi connectivity index (χ2n) is 7.39. The molecule has 2 aromatic rings. The molecule has 0 unspecified atom stereocenters. The van der Waals surface area contributed by atoms with E-state index in [1.54, 1.807) is 34.7 Å². The molecule has 0 N–H and O–H groups in total. The Kier molecular flexibility index (Phi) is 4.94. The molecule has 2 aliphatic heterocycles. The second-order valence-corrected chi connectivity index (χ2v) is 7.39. The molecule has 2 fully saturated rings. The number of piperidine rings is 1. The summed E-state index contributed by atoms with van der Waals surface area (Å²) in [5.41, 5.74) is 2.04. The number of hydrogen-bond acceptors (Lipinski definition) is 5. The number of likely N-dealkylation sites (tertiary alicyclic amines) is 1. The lowest BCUT2D eigenvalue weighted by Gasteiger charge is -2.40. The molecule has 2 aromatic heterocycles. The lowest BCUT2D eigenvalue weighted by molar-refractivity contribution is -0.138. The summed E-state index contributed by atoms with van der Waals surface area (Å²) in [4.78, 5) is 35.8. The first-order valence-electron chi connectivity index (χ1n) is 9.28. The van der Waals surface area contributed by atoms with Crippen LogP contribution in [0.15, 0.2) is 47.5 Å². The van der Waals surface area contributed by atoms with E-state index in [1.165, 1.54) is 0 Å². The van der Waals surface area contributed by atoms with Gasteiger partial charge in [0.2, 0.25) is 11.8 Å². The summed E-state index contributed by atoms with van der Waals surface area (Å²) in [6, 6.07) is 5.69. The molecule has 0 aromatic carbocycles. The fraction of sp³-hybridized carbons (Fsp3) is 0.450. The molecule has 27 heavy (non-hydrogen) atoms. The number of likely N-dealkylation sites (N-methyl/N-ethyl adjacent to an activating group) is 1. The number of fused-ring (bicyclic) bond motifs is 1. The third-order valence-corrected chi connectivity index (χ3v) is 5.59. The van der Waals surface area contributed by atoms with Crippen LogP contribution in [0.3, 0.4) is 0 Å². The normalized spacial score (nSPS) is 24.0. The summed E-state index contributed by atoms with van der Waals surface area (Å²) in [7, 11) is 1.83. The molecule has 7 nitrogen and oxygen atoms in total. The summed E-state index contributed by atoms with van der Waals surface area (Å²) >= 11 is 0. The van der Waals surface area contributed by atoms with Crippen LogP contribution in [0.2, 0.25) is 0 Å². The van der Waals surface area contributed by atoms with Crippen molar-refractivity contribution in [2.24, 2.45) is 5.92 Å². The Morgan fingerprint density at radius 2 is 2.11 bits per heavy atom. The predicted octanol–water partition coefficient (Wildman–Crippen LogP) is 1.37. The maximum atomic E-state index is 13.3. The maximum absolute atomic E-state index is 13.3. The summed E-state index contributed by atoms with van der Waals surface area (Å²) in [6.07, 6.45) is 7.66. The van der Waals surface area contributed by atoms with Gasteiger partial charge in [0.05, 0.1) is 18.4 Å². The van der Waals surface area contributed by atoms with E-state index in [9.17, 15) is 9.59 Å². The van der Waals surface area contributed by atoms with Crippen LogP contribution in [-0.4, -0.2) is 64.2 Å². The fourth-order valence-corrected chi connectivity index (χ4v) is 4.12. The van der Waals surface area contributed by atoms with Crippen molar-refractivity contribution < 1.29 is 14.0 Å². The molecular weight excluding hydrogens is 344 g/mol. The Labute approximate surface area is 158 Å². The maximum Gasteiger partial charge on any atom is 0.242 e. The fourth-order valence-electron chi connectivity index (χ4n) is 4.12. The molecule has 0 aliphatic carbocycles. The van der Waals surface area contributed by atoms with Crippen molar-refractivity contribution in [1.29, 1.82) is 0 Å². The van der Waals surface area contributed by atoms with Gasteiger partial charge in [0.25, 0.3) is 0 Å². The molecule has 4 heterocycles. The van der Waals surface area contributed by atoms with Crippen LogP contribution in [0.5, 0.6) is 0 Å². The third kappa shape index (κ3) is 3.73. The molecule has 0 bridgehead atoms. The van der Waals surface area contributed by atoms with Gasteiger partial charge in [-0.05, 0) is 24.1 Å². The van der Waals surface area contributed by atoms with Crippen molar-refractivity contribution in [3.63, 3.8) is 0 Å². The van der Waals surface area contributed by atoms with Crippen molar-refractivity contribution in [2.45, 2.75) is 25.6 Å². The molecule has 7 heteroatoms. The van der Waals surface area contributed by atoms with Gasteiger partial charge < -0.3 is 14.2 Å². The molecule has 0 radical (unpaired) electrons. The molecule has 0 spiro atoms. The van der Waals surface area contributed by atoms with Crippen molar-refractivity contribution in [2.75, 3.05) is 26.7 Å². The van der Waals surface area contributed by atoms with Gasteiger partial charge in [-0.25, -0.2) is 0 Å². The van der Waals surface area contributed by atoms with Crippen LogP contribution in [0.25, 0.3) is 0 Å². The van der Waals surface area contributed by atoms with E-state index >= 15 is 0 Å². The van der Waals surface area contributed by atoms with E-state index < -0.39 is 0 Å². The summed E-state index contributed by atoms with van der Waals surface area (Å²) in [6.45, 7) is 2.80. The van der Waals surface area contributed by atoms with Crippen LogP contribution in [0.4, 0.5) is 0 Å². The monoisotopic (exact) mass is 368 g/mol. The Morgan fingerprint density at radius 3 is 2.85 bits per heavy atom. The van der Waals surface area contributed by atoms with Crippen molar-refractivity contribution in [1.82, 2.24) is 19.7 Å². The Balaban J connectivity index is 1.53. The smallest absolute Gasteiger partial charge is 0.242 e. The van der Waals surface area contributed by atoms with Gasteiger partial charge in [-0.2, -0.15) is 0 Å². The van der Waals surface area contributed by atoms with E-state index in [2.05, 4.69) is 9.88 Å². The van der Waals surface area contributed by atoms with Crippen LogP contribution in [0, 0.1) is 5.92 Å². The predicted molar refractivity (Wildman–Crippen MR) is 98.3 cm³/mol. The van der Waals surface area contributed by atoms with Gasteiger partial charge in [-0.1, -0.05) is 6.07 Å². The van der Waals surface area contributed by atoms with Gasteiger partial charge in [-0.15, -0.1) is 0 Å². The number of hydrogen-bond donors (Lipinski definition) is 0. The third-order valence-electron chi connectivity index (χ3n) is 5.59. The van der Waals surface area contributed by atoms with Crippen molar-refractivity contribution in [3.8, 4) is 0 Å². The molecule has 0 saturated carbocycles. The van der Waals surface area contributed by atoms with E-state index in [-0.39, 0.29) is 30.3 Å². The minimum absolute atomic E-state index is 0.00280. The van der Waals surface area contributed by atoms with Gasteiger partial charge >= 0.3 is 0 Å². The summed E-state index contributed by atoms with van der Waals surface area (Å²) in [5.74, 6) is -0.153. The zero-order valence-corrected chi connectivity index (χ0v) is 15.5. The first kappa shape index (κ1) is 17.7. The number of nitrogens with zero attached hydrogens (tertiary/aromatic N) is 4. The van der Waals surface area contributed by atoms with Gasteiger partial charge in [0.1, 0.15) is 6.54 Å². The Bertz CT molecular complexity index is 793. The highest BCUT2D eigenvalue weighted by Crippen LogP contribution is 2.28. The van der Waals surface area contributed by atoms with Gasteiger partial charge in [0.15, 0.2) is 0 Å². The Hall–Kier alpha value is -2.67. The number of carbonyl (C=O) groups is 2. The summed E-state index contributed by atoms with van der Waals surface area (Å²) < 4.78 is 5.16. The van der Waals surface area contributed by atoms with E-state index in [0.717, 1.165) is 30.6 Å². The van der Waals surface area contributed by atoms with Crippen LogP contribution in [0.1, 0.15) is 17.5 Å². The molecule has 4 rings (SSSR count). The highest BCUT2D eigenvalue weighted by molar-refractivity contribution is 5.89. The highest BCUT2D eigenvalue weighted by Gasteiger charge is 2.43. The first-order valence-corrected chi connectivity index (χ1v) is 9.28. The van der Waals surface area contributed by atoms with Crippen LogP contribution < -0.4 is 0 Å². The zero-order valence-electron chi connectivity index (χ0n) is 15.5. The van der Waals surface area contributed by atoms with Crippen LogP contribution in [-0.2, 0) is 22.7 Å². The number of pyridine rings is 1. The Morgan fingerprint density at radius 1 is 1.22 bits per heavy atom. The minimum atomic E-state index is -0.209. The SMILES string of the molecule is CN1C(=O)CN(Cc2cccnc2)C(=O)[C@H]2CN(Cc3ccoc3)CC[C@H]21. The zero-order chi connectivity index (χ0) is 18.8. The van der Waals surface area contributed by atoms with E-state index in [4.69, 9.17) is 4.42 Å². The number of aromatic nitrogens is 1. The quantitative estimate of drug-likeness (QED) is 0.815. The van der Waals surface area contributed by atoms with E-state index in [1.807, 2.05) is 25.2 Å². The van der Waals surface area contributed by atoms with Crippen molar-refractivity contribution >= 4 is 11.8 Å². The van der Waals surface area contributed by atoms with Crippen LogP contribution >= 0.6 is 0 Å². The lowest BCUT2D eigenvalue weighted by Crippen LogP contribution is -2.53. The average Bonchev–Trinajstić information content (AvgIpc) is 3.17. The molecular formula is C20H24N4O3. The largest absolute Gasteiger partial charge is 0.472 e. The van der Waals surface area contributed by atoms with Gasteiger partial charge in [-0.3, -0.25) is 19.5 Å².